The minimum atomic E-state index is -3.47. The molecule has 7 nitrogen and oxygen atoms in total. The zero-order valence-corrected chi connectivity index (χ0v) is 18.4. The summed E-state index contributed by atoms with van der Waals surface area (Å²) in [6.07, 6.45) is 2.38. The Labute approximate surface area is 180 Å². The number of nitrogens with one attached hydrogen (secondary N) is 1. The fourth-order valence-corrected chi connectivity index (χ4v) is 4.85. The molecule has 0 bridgehead atoms. The Morgan fingerprint density at radius 3 is 2.71 bits per heavy atom. The van der Waals surface area contributed by atoms with Gasteiger partial charge in [-0.3, -0.25) is 0 Å². The largest absolute Gasteiger partial charge is 0.371 e. The molecule has 1 N–H and O–H groups in total. The van der Waals surface area contributed by atoms with Gasteiger partial charge in [-0.25, -0.2) is 17.5 Å². The van der Waals surface area contributed by atoms with Gasteiger partial charge in [0, 0.05) is 23.2 Å². The predicted molar refractivity (Wildman–Crippen MR) is 117 cm³/mol. The van der Waals surface area contributed by atoms with E-state index in [-0.39, 0.29) is 16.6 Å². The second-order valence-corrected chi connectivity index (χ2v) is 9.68. The van der Waals surface area contributed by atoms with Crippen LogP contribution in [0.1, 0.15) is 61.7 Å². The van der Waals surface area contributed by atoms with Crippen molar-refractivity contribution >= 4 is 21.6 Å². The number of hydrogen-bond donors (Lipinski definition) is 1. The smallest absolute Gasteiger partial charge is 0.200 e. The monoisotopic (exact) mass is 441 g/mol. The van der Waals surface area contributed by atoms with Crippen LogP contribution in [-0.2, 0) is 16.4 Å². The minimum Gasteiger partial charge on any atom is -0.371 e. The number of rotatable bonds is 7. The Hall–Kier alpha value is -3.07. The average Bonchev–Trinajstić information content (AvgIpc) is 3.31. The normalized spacial score (nSPS) is 15.3. The van der Waals surface area contributed by atoms with E-state index >= 15 is 4.39 Å². The number of fused-ring (bicyclic) bond motifs is 1. The maximum absolute atomic E-state index is 15.0. The minimum absolute atomic E-state index is 0.211. The van der Waals surface area contributed by atoms with Crippen molar-refractivity contribution in [3.8, 4) is 0 Å². The average molecular weight is 442 g/mol. The molecule has 1 aliphatic rings. The molecule has 2 heterocycles. The third-order valence-electron chi connectivity index (χ3n) is 5.31. The van der Waals surface area contributed by atoms with Gasteiger partial charge >= 0.3 is 0 Å². The molecule has 0 fully saturated rings. The van der Waals surface area contributed by atoms with Crippen molar-refractivity contribution in [2.45, 2.75) is 50.6 Å². The highest BCUT2D eigenvalue weighted by Crippen LogP contribution is 2.33. The van der Waals surface area contributed by atoms with Crippen LogP contribution in [0, 0.1) is 5.82 Å². The van der Waals surface area contributed by atoms with Crippen molar-refractivity contribution in [2.24, 2.45) is 0 Å². The van der Waals surface area contributed by atoms with Crippen molar-refractivity contribution in [1.82, 2.24) is 20.2 Å². The molecule has 1 aliphatic heterocycles. The molecule has 4 rings (SSSR count). The highest BCUT2D eigenvalue weighted by Gasteiger charge is 2.27. The maximum atomic E-state index is 15.0. The van der Waals surface area contributed by atoms with Gasteiger partial charge in [0.2, 0.25) is 9.84 Å². The predicted octanol–water partition coefficient (Wildman–Crippen LogP) is 4.31. The number of aromatic nitrogens is 4. The molecule has 2 aromatic carbocycles. The molecule has 1 unspecified atom stereocenters. The van der Waals surface area contributed by atoms with Crippen LogP contribution >= 0.6 is 0 Å². The molecule has 0 amide bonds. The standard InChI is InChI=1S/C22H24FN5O2S/c1-4-10-28-22(25-26-27-28)21(18-12-16(14(2)3)6-8-19(18)23)24-17-7-5-15-9-11-31(29,30)20(15)13-17/h5-9,11-14,21,24H,4,10H2,1-3H3. The summed E-state index contributed by atoms with van der Waals surface area (Å²) in [5.41, 5.74) is 2.56. The number of anilines is 1. The molecule has 0 aliphatic carbocycles. The van der Waals surface area contributed by atoms with E-state index in [1.807, 2.05) is 26.8 Å². The van der Waals surface area contributed by atoms with Gasteiger partial charge < -0.3 is 5.32 Å². The molecule has 31 heavy (non-hydrogen) atoms. The van der Waals surface area contributed by atoms with Gasteiger partial charge in [0.05, 0.1) is 4.90 Å². The van der Waals surface area contributed by atoms with Crippen LogP contribution in [0.15, 0.2) is 46.7 Å². The number of aryl methyl sites for hydroxylation is 1. The fraction of sp³-hybridized carbons (Fsp3) is 0.318. The van der Waals surface area contributed by atoms with E-state index in [1.54, 1.807) is 35.0 Å². The molecule has 0 radical (unpaired) electrons. The molecule has 9 heteroatoms. The van der Waals surface area contributed by atoms with Crippen LogP contribution in [0.5, 0.6) is 0 Å². The van der Waals surface area contributed by atoms with Crippen LogP contribution in [0.3, 0.4) is 0 Å². The van der Waals surface area contributed by atoms with Gasteiger partial charge in [-0.15, -0.1) is 5.10 Å². The number of sulfone groups is 1. The number of tetrazole rings is 1. The van der Waals surface area contributed by atoms with Crippen molar-refractivity contribution in [3.63, 3.8) is 0 Å². The van der Waals surface area contributed by atoms with E-state index in [0.29, 0.717) is 29.2 Å². The van der Waals surface area contributed by atoms with Crippen LogP contribution in [0.4, 0.5) is 10.1 Å². The molecule has 1 aromatic heterocycles. The lowest BCUT2D eigenvalue weighted by atomic mass is 9.96. The zero-order chi connectivity index (χ0) is 22.2. The maximum Gasteiger partial charge on any atom is 0.200 e. The molecule has 0 spiro atoms. The molecular weight excluding hydrogens is 417 g/mol. The summed E-state index contributed by atoms with van der Waals surface area (Å²) < 4.78 is 41.2. The summed E-state index contributed by atoms with van der Waals surface area (Å²) in [7, 11) is -3.47. The second-order valence-electron chi connectivity index (χ2n) is 7.87. The lowest BCUT2D eigenvalue weighted by Crippen LogP contribution is -2.20. The topological polar surface area (TPSA) is 89.8 Å². The van der Waals surface area contributed by atoms with E-state index in [1.165, 1.54) is 11.5 Å². The van der Waals surface area contributed by atoms with Gasteiger partial charge in [0.1, 0.15) is 11.9 Å². The molecular formula is C22H24FN5O2S. The Bertz CT molecular complexity index is 1250. The Balaban J connectivity index is 1.81. The SMILES string of the molecule is CCCn1nnnc1C(Nc1ccc2c(c1)S(=O)(=O)C=C2)c1cc(C(C)C)ccc1F. The first-order valence-electron chi connectivity index (χ1n) is 10.2. The van der Waals surface area contributed by atoms with Crippen LogP contribution in [-0.4, -0.2) is 28.6 Å². The quantitative estimate of drug-likeness (QED) is 0.588. The van der Waals surface area contributed by atoms with Gasteiger partial charge in [-0.2, -0.15) is 0 Å². The summed E-state index contributed by atoms with van der Waals surface area (Å²) in [5.74, 6) is 0.286. The first kappa shape index (κ1) is 21.2. The van der Waals surface area contributed by atoms with E-state index in [4.69, 9.17) is 0 Å². The van der Waals surface area contributed by atoms with E-state index in [0.717, 1.165) is 12.0 Å². The Morgan fingerprint density at radius 2 is 1.97 bits per heavy atom. The van der Waals surface area contributed by atoms with Crippen molar-refractivity contribution in [3.05, 3.63) is 70.1 Å². The molecule has 162 valence electrons. The van der Waals surface area contributed by atoms with Crippen molar-refractivity contribution in [1.29, 1.82) is 0 Å². The van der Waals surface area contributed by atoms with Gasteiger partial charge in [-0.1, -0.05) is 39.0 Å². The van der Waals surface area contributed by atoms with Crippen molar-refractivity contribution < 1.29 is 12.8 Å². The first-order chi connectivity index (χ1) is 14.8. The summed E-state index contributed by atoms with van der Waals surface area (Å²) in [6.45, 7) is 6.67. The van der Waals surface area contributed by atoms with Crippen LogP contribution in [0.25, 0.3) is 6.08 Å². The molecule has 1 atom stereocenters. The van der Waals surface area contributed by atoms with Crippen molar-refractivity contribution in [2.75, 3.05) is 5.32 Å². The summed E-state index contributed by atoms with van der Waals surface area (Å²) in [4.78, 5) is 0.223. The Morgan fingerprint density at radius 1 is 1.16 bits per heavy atom. The zero-order valence-electron chi connectivity index (χ0n) is 17.6. The number of hydrogen-bond acceptors (Lipinski definition) is 6. The van der Waals surface area contributed by atoms with E-state index in [9.17, 15) is 8.42 Å². The first-order valence-corrected chi connectivity index (χ1v) is 11.7. The number of halogens is 1. The highest BCUT2D eigenvalue weighted by molar-refractivity contribution is 7.94. The van der Waals surface area contributed by atoms with Gasteiger partial charge in [0.25, 0.3) is 0 Å². The fourth-order valence-electron chi connectivity index (χ4n) is 3.62. The van der Waals surface area contributed by atoms with Crippen LogP contribution in [0.2, 0.25) is 0 Å². The molecule has 0 saturated carbocycles. The third-order valence-corrected chi connectivity index (χ3v) is 6.77. The van der Waals surface area contributed by atoms with Gasteiger partial charge in [0.15, 0.2) is 5.82 Å². The third kappa shape index (κ3) is 4.10. The highest BCUT2D eigenvalue weighted by atomic mass is 32.2. The number of benzene rings is 2. The van der Waals surface area contributed by atoms with E-state index < -0.39 is 15.9 Å². The van der Waals surface area contributed by atoms with E-state index in [2.05, 4.69) is 20.8 Å². The molecule has 3 aromatic rings. The summed E-state index contributed by atoms with van der Waals surface area (Å²) in [5, 5.41) is 16.5. The lowest BCUT2D eigenvalue weighted by molar-refractivity contribution is 0.538. The number of nitrogens with zero attached hydrogens (tertiary/aromatic N) is 4. The van der Waals surface area contributed by atoms with Crippen LogP contribution < -0.4 is 5.32 Å². The lowest BCUT2D eigenvalue weighted by Gasteiger charge is -2.22. The summed E-state index contributed by atoms with van der Waals surface area (Å²) in [6, 6.07) is 9.40. The summed E-state index contributed by atoms with van der Waals surface area (Å²) >= 11 is 0. The Kier molecular flexibility index (Phi) is 5.62. The van der Waals surface area contributed by atoms with Gasteiger partial charge in [-0.05, 0) is 58.2 Å². The molecule has 0 saturated heterocycles. The second kappa shape index (κ2) is 8.22.